The van der Waals surface area contributed by atoms with Gasteiger partial charge in [-0.2, -0.15) is 0 Å². The maximum atomic E-state index is 11.8. The molecular weight excluding hydrogens is 296 g/mol. The van der Waals surface area contributed by atoms with Gasteiger partial charge in [0.05, 0.1) is 19.4 Å². The topological polar surface area (TPSA) is 99.9 Å². The number of nitrogens with one attached hydrogen (secondary N) is 1. The minimum Gasteiger partial charge on any atom is -0.465 e. The molecule has 0 saturated heterocycles. The Hall–Kier alpha value is -1.80. The molecule has 0 bridgehead atoms. The van der Waals surface area contributed by atoms with Crippen LogP contribution in [0, 0.1) is 0 Å². The molecule has 3 N–H and O–H groups in total. The predicted molar refractivity (Wildman–Crippen MR) is 81.0 cm³/mol. The Kier molecular flexibility index (Phi) is 6.97. The Labute approximate surface area is 127 Å². The van der Waals surface area contributed by atoms with Gasteiger partial charge in [-0.3, -0.25) is 0 Å². The molecule has 0 aliphatic carbocycles. The van der Waals surface area contributed by atoms with E-state index in [1.54, 1.807) is 14.0 Å². The van der Waals surface area contributed by atoms with E-state index in [1.165, 1.54) is 7.11 Å². The lowest BCUT2D eigenvalue weighted by atomic mass is 10.2. The summed E-state index contributed by atoms with van der Waals surface area (Å²) in [4.78, 5) is 23.9. The van der Waals surface area contributed by atoms with Crippen molar-refractivity contribution in [3.8, 4) is 0 Å². The molecule has 0 unspecified atom stereocenters. The number of ether oxygens (including phenoxy) is 3. The fraction of sp³-hybridized carbons (Fsp3) is 0.538. The summed E-state index contributed by atoms with van der Waals surface area (Å²) >= 11 is 1.08. The quantitative estimate of drug-likeness (QED) is 0.556. The van der Waals surface area contributed by atoms with Gasteiger partial charge in [-0.25, -0.2) is 9.59 Å². The van der Waals surface area contributed by atoms with Gasteiger partial charge in [0, 0.05) is 20.3 Å². The molecule has 0 fully saturated rings. The lowest BCUT2D eigenvalue weighted by Gasteiger charge is -2.06. The molecule has 21 heavy (non-hydrogen) atoms. The minimum absolute atomic E-state index is 0.0829. The number of nitrogen functional groups attached to an aromatic ring is 1. The first-order valence-corrected chi connectivity index (χ1v) is 7.28. The van der Waals surface area contributed by atoms with Crippen molar-refractivity contribution >= 4 is 34.0 Å². The van der Waals surface area contributed by atoms with Gasteiger partial charge in [0.25, 0.3) is 0 Å². The first kappa shape index (κ1) is 17.3. The van der Waals surface area contributed by atoms with E-state index >= 15 is 0 Å². The number of methoxy groups -OCH3 is 2. The molecular formula is C13H20N2O5S. The highest BCUT2D eigenvalue weighted by Crippen LogP contribution is 2.36. The van der Waals surface area contributed by atoms with Crippen molar-refractivity contribution in [3.05, 3.63) is 10.4 Å². The summed E-state index contributed by atoms with van der Waals surface area (Å²) in [5.74, 6) is -1.14. The molecule has 0 aliphatic rings. The minimum atomic E-state index is -0.589. The van der Waals surface area contributed by atoms with Gasteiger partial charge in [0.15, 0.2) is 0 Å². The molecule has 0 aliphatic heterocycles. The summed E-state index contributed by atoms with van der Waals surface area (Å²) in [7, 11) is 2.88. The van der Waals surface area contributed by atoms with Crippen molar-refractivity contribution in [2.24, 2.45) is 0 Å². The molecule has 0 aromatic carbocycles. The third-order valence-corrected chi connectivity index (χ3v) is 3.75. The second-order valence-electron chi connectivity index (χ2n) is 4.03. The monoisotopic (exact) mass is 316 g/mol. The van der Waals surface area contributed by atoms with Crippen molar-refractivity contribution in [2.75, 3.05) is 45.0 Å². The fourth-order valence-electron chi connectivity index (χ4n) is 1.64. The molecule has 1 heterocycles. The smallest absolute Gasteiger partial charge is 0.350 e. The molecule has 1 aromatic rings. The first-order valence-electron chi connectivity index (χ1n) is 6.47. The Morgan fingerprint density at radius 3 is 2.57 bits per heavy atom. The zero-order valence-electron chi connectivity index (χ0n) is 12.4. The molecule has 0 spiro atoms. The number of hydrogen-bond acceptors (Lipinski definition) is 8. The second-order valence-corrected chi connectivity index (χ2v) is 5.05. The van der Waals surface area contributed by atoms with E-state index in [-0.39, 0.29) is 22.7 Å². The predicted octanol–water partition coefficient (Wildman–Crippen LogP) is 1.74. The van der Waals surface area contributed by atoms with Crippen LogP contribution in [0.4, 0.5) is 10.7 Å². The Balaban J connectivity index is 3.00. The molecule has 8 heteroatoms. The second kappa shape index (κ2) is 8.48. The van der Waals surface area contributed by atoms with Gasteiger partial charge in [-0.05, 0) is 13.3 Å². The lowest BCUT2D eigenvalue weighted by molar-refractivity contribution is 0.0533. The normalized spacial score (nSPS) is 10.2. The third-order valence-electron chi connectivity index (χ3n) is 2.61. The van der Waals surface area contributed by atoms with Gasteiger partial charge in [0.1, 0.15) is 15.4 Å². The highest BCUT2D eigenvalue weighted by Gasteiger charge is 2.26. The zero-order valence-corrected chi connectivity index (χ0v) is 13.2. The molecule has 0 amide bonds. The number of esters is 2. The van der Waals surface area contributed by atoms with Crippen LogP contribution in [0.15, 0.2) is 0 Å². The van der Waals surface area contributed by atoms with Crippen molar-refractivity contribution in [1.29, 1.82) is 0 Å². The largest absolute Gasteiger partial charge is 0.465 e. The summed E-state index contributed by atoms with van der Waals surface area (Å²) in [6.07, 6.45) is 0.754. The fourth-order valence-corrected chi connectivity index (χ4v) is 2.67. The van der Waals surface area contributed by atoms with Crippen molar-refractivity contribution in [2.45, 2.75) is 13.3 Å². The number of nitrogens with two attached hydrogens (primary N) is 1. The van der Waals surface area contributed by atoms with Crippen molar-refractivity contribution in [1.82, 2.24) is 0 Å². The summed E-state index contributed by atoms with van der Waals surface area (Å²) in [5.41, 5.74) is 6.14. The van der Waals surface area contributed by atoms with Crippen LogP contribution in [-0.4, -0.2) is 45.9 Å². The summed E-state index contributed by atoms with van der Waals surface area (Å²) < 4.78 is 14.6. The van der Waals surface area contributed by atoms with E-state index < -0.39 is 11.9 Å². The van der Waals surface area contributed by atoms with Crippen LogP contribution >= 0.6 is 11.3 Å². The third kappa shape index (κ3) is 4.33. The van der Waals surface area contributed by atoms with Crippen molar-refractivity contribution < 1.29 is 23.8 Å². The van der Waals surface area contributed by atoms with Gasteiger partial charge in [-0.1, -0.05) is 0 Å². The number of anilines is 2. The van der Waals surface area contributed by atoms with Crippen LogP contribution in [0.1, 0.15) is 33.4 Å². The average Bonchev–Trinajstić information content (AvgIpc) is 2.80. The number of rotatable bonds is 8. The van der Waals surface area contributed by atoms with Gasteiger partial charge in [-0.15, -0.1) is 11.3 Å². The standard InChI is InChI=1S/C13H20N2O5S/c1-4-20-13(17)10-9(14)8(12(16)19-3)11(21-10)15-6-5-7-18-2/h15H,4-7,14H2,1-3H3. The molecule has 1 aromatic heterocycles. The SMILES string of the molecule is CCOC(=O)c1sc(NCCCOC)c(C(=O)OC)c1N. The lowest BCUT2D eigenvalue weighted by Crippen LogP contribution is -2.11. The van der Waals surface area contributed by atoms with E-state index in [2.05, 4.69) is 5.32 Å². The zero-order chi connectivity index (χ0) is 15.8. The van der Waals surface area contributed by atoms with E-state index in [9.17, 15) is 9.59 Å². The molecule has 118 valence electrons. The van der Waals surface area contributed by atoms with Crippen molar-refractivity contribution in [3.63, 3.8) is 0 Å². The molecule has 0 radical (unpaired) electrons. The maximum Gasteiger partial charge on any atom is 0.350 e. The van der Waals surface area contributed by atoms with Gasteiger partial charge >= 0.3 is 11.9 Å². The Bertz CT molecular complexity index is 501. The average molecular weight is 316 g/mol. The number of carbonyl (C=O) groups is 2. The highest BCUT2D eigenvalue weighted by molar-refractivity contribution is 7.19. The Morgan fingerprint density at radius 2 is 2.00 bits per heavy atom. The molecule has 1 rings (SSSR count). The van der Waals surface area contributed by atoms with Crippen LogP contribution in [0.5, 0.6) is 0 Å². The molecule has 0 saturated carbocycles. The van der Waals surface area contributed by atoms with Gasteiger partial charge < -0.3 is 25.3 Å². The summed E-state index contributed by atoms with van der Waals surface area (Å²) in [6, 6.07) is 0. The van der Waals surface area contributed by atoms with E-state index in [0.717, 1.165) is 17.8 Å². The molecule has 0 atom stereocenters. The number of hydrogen-bond donors (Lipinski definition) is 2. The van der Waals surface area contributed by atoms with E-state index in [1.807, 2.05) is 0 Å². The van der Waals surface area contributed by atoms with Crippen LogP contribution in [0.3, 0.4) is 0 Å². The number of carbonyl (C=O) groups excluding carboxylic acids is 2. The highest BCUT2D eigenvalue weighted by atomic mass is 32.1. The van der Waals surface area contributed by atoms with E-state index in [4.69, 9.17) is 19.9 Å². The van der Waals surface area contributed by atoms with Gasteiger partial charge in [0.2, 0.25) is 0 Å². The Morgan fingerprint density at radius 1 is 1.29 bits per heavy atom. The van der Waals surface area contributed by atoms with E-state index in [0.29, 0.717) is 18.2 Å². The molecule has 7 nitrogen and oxygen atoms in total. The number of thiophene rings is 1. The summed E-state index contributed by atoms with van der Waals surface area (Å²) in [6.45, 7) is 3.11. The van der Waals surface area contributed by atoms with Crippen LogP contribution in [-0.2, 0) is 14.2 Å². The maximum absolute atomic E-state index is 11.8. The van der Waals surface area contributed by atoms with Crippen LogP contribution < -0.4 is 11.1 Å². The van der Waals surface area contributed by atoms with Crippen LogP contribution in [0.25, 0.3) is 0 Å². The van der Waals surface area contributed by atoms with Crippen LogP contribution in [0.2, 0.25) is 0 Å². The first-order chi connectivity index (χ1) is 10.1. The summed E-state index contributed by atoms with van der Waals surface area (Å²) in [5, 5.41) is 3.57.